The molecule has 0 aromatic carbocycles. The highest BCUT2D eigenvalue weighted by Crippen LogP contribution is 2.27. The molecular formula is C11H17NO3. The van der Waals surface area contributed by atoms with E-state index in [1.807, 2.05) is 0 Å². The normalized spacial score (nSPS) is 28.4. The van der Waals surface area contributed by atoms with Crippen molar-refractivity contribution in [2.24, 2.45) is 11.8 Å². The molecule has 0 radical (unpaired) electrons. The van der Waals surface area contributed by atoms with Gasteiger partial charge in [0.25, 0.3) is 0 Å². The van der Waals surface area contributed by atoms with E-state index in [4.69, 9.17) is 0 Å². The summed E-state index contributed by atoms with van der Waals surface area (Å²) < 4.78 is 0. The van der Waals surface area contributed by atoms with Crippen molar-refractivity contribution in [2.45, 2.75) is 40.2 Å². The van der Waals surface area contributed by atoms with E-state index in [0.717, 1.165) is 4.90 Å². The van der Waals surface area contributed by atoms with Crippen LogP contribution >= 0.6 is 0 Å². The Hall–Kier alpha value is -1.19. The van der Waals surface area contributed by atoms with Crippen molar-refractivity contribution in [3.05, 3.63) is 0 Å². The molecule has 3 unspecified atom stereocenters. The third-order valence-corrected chi connectivity index (χ3v) is 3.21. The summed E-state index contributed by atoms with van der Waals surface area (Å²) in [5.41, 5.74) is 0. The summed E-state index contributed by atoms with van der Waals surface area (Å²) in [4.78, 5) is 36.1. The number of imide groups is 1. The van der Waals surface area contributed by atoms with E-state index in [-0.39, 0.29) is 29.4 Å². The van der Waals surface area contributed by atoms with Gasteiger partial charge in [-0.1, -0.05) is 20.8 Å². The zero-order valence-corrected chi connectivity index (χ0v) is 9.61. The SMILES string of the molecule is CCC(=O)C(C)N1C(=O)C(C)C(C)C1=O. The predicted molar refractivity (Wildman–Crippen MR) is 54.9 cm³/mol. The molecule has 84 valence electrons. The van der Waals surface area contributed by atoms with Crippen molar-refractivity contribution >= 4 is 17.6 Å². The Morgan fingerprint density at radius 3 is 2.00 bits per heavy atom. The van der Waals surface area contributed by atoms with Crippen LogP contribution in [0.1, 0.15) is 34.1 Å². The first-order valence-electron chi connectivity index (χ1n) is 5.31. The monoisotopic (exact) mass is 211 g/mol. The number of ketones is 1. The molecule has 0 aromatic heterocycles. The molecule has 0 aliphatic carbocycles. The summed E-state index contributed by atoms with van der Waals surface area (Å²) >= 11 is 0. The first-order chi connectivity index (χ1) is 6.91. The Kier molecular flexibility index (Phi) is 3.27. The lowest BCUT2D eigenvalue weighted by Gasteiger charge is -2.21. The van der Waals surface area contributed by atoms with Crippen molar-refractivity contribution in [1.82, 2.24) is 4.90 Å². The maximum atomic E-state index is 11.7. The average Bonchev–Trinajstić information content (AvgIpc) is 2.41. The van der Waals surface area contributed by atoms with Gasteiger partial charge < -0.3 is 0 Å². The van der Waals surface area contributed by atoms with Crippen molar-refractivity contribution in [2.75, 3.05) is 0 Å². The van der Waals surface area contributed by atoms with E-state index in [1.54, 1.807) is 27.7 Å². The second-order valence-corrected chi connectivity index (χ2v) is 4.12. The lowest BCUT2D eigenvalue weighted by Crippen LogP contribution is -2.43. The number of hydrogen-bond donors (Lipinski definition) is 0. The molecule has 0 aromatic rings. The van der Waals surface area contributed by atoms with Gasteiger partial charge in [-0.2, -0.15) is 0 Å². The van der Waals surface area contributed by atoms with Gasteiger partial charge in [-0.05, 0) is 6.92 Å². The smallest absolute Gasteiger partial charge is 0.233 e. The van der Waals surface area contributed by atoms with Crippen LogP contribution in [-0.4, -0.2) is 28.5 Å². The van der Waals surface area contributed by atoms with Gasteiger partial charge >= 0.3 is 0 Å². The number of Topliss-reactive ketones (excluding diaryl/α,β-unsaturated/α-hetero) is 1. The third kappa shape index (κ3) is 1.80. The Labute approximate surface area is 89.6 Å². The molecule has 4 heteroatoms. The van der Waals surface area contributed by atoms with Gasteiger partial charge in [-0.15, -0.1) is 0 Å². The van der Waals surface area contributed by atoms with Crippen LogP contribution in [0.4, 0.5) is 0 Å². The number of amides is 2. The summed E-state index contributed by atoms with van der Waals surface area (Å²) in [6, 6.07) is -0.609. The van der Waals surface area contributed by atoms with Gasteiger partial charge in [0.1, 0.15) is 0 Å². The molecule has 1 heterocycles. The topological polar surface area (TPSA) is 54.5 Å². The van der Waals surface area contributed by atoms with Crippen molar-refractivity contribution in [1.29, 1.82) is 0 Å². The average molecular weight is 211 g/mol. The minimum atomic E-state index is -0.609. The highest BCUT2D eigenvalue weighted by molar-refractivity contribution is 6.08. The summed E-state index contributed by atoms with van der Waals surface area (Å²) in [5.74, 6) is -1.11. The highest BCUT2D eigenvalue weighted by Gasteiger charge is 2.45. The van der Waals surface area contributed by atoms with E-state index in [0.29, 0.717) is 6.42 Å². The second-order valence-electron chi connectivity index (χ2n) is 4.12. The summed E-state index contributed by atoms with van der Waals surface area (Å²) in [6.07, 6.45) is 0.348. The van der Waals surface area contributed by atoms with Crippen LogP contribution < -0.4 is 0 Å². The van der Waals surface area contributed by atoms with Gasteiger partial charge in [0, 0.05) is 18.3 Å². The molecule has 3 atom stereocenters. The fraction of sp³-hybridized carbons (Fsp3) is 0.727. The standard InChI is InChI=1S/C11H17NO3/c1-5-9(13)8(4)12-10(14)6(2)7(3)11(12)15/h6-8H,5H2,1-4H3. The Bertz CT molecular complexity index is 291. The summed E-state index contributed by atoms with van der Waals surface area (Å²) in [5, 5.41) is 0. The molecule has 0 N–H and O–H groups in total. The van der Waals surface area contributed by atoms with E-state index in [2.05, 4.69) is 0 Å². The zero-order valence-electron chi connectivity index (χ0n) is 9.61. The first-order valence-corrected chi connectivity index (χ1v) is 5.31. The van der Waals surface area contributed by atoms with Crippen LogP contribution in [0.3, 0.4) is 0 Å². The molecule has 0 spiro atoms. The Balaban J connectivity index is 2.92. The van der Waals surface area contributed by atoms with Gasteiger partial charge in [-0.3, -0.25) is 19.3 Å². The predicted octanol–water partition coefficient (Wildman–Crippen LogP) is 0.995. The van der Waals surface area contributed by atoms with E-state index < -0.39 is 6.04 Å². The molecular weight excluding hydrogens is 194 g/mol. The van der Waals surface area contributed by atoms with Crippen LogP contribution in [0.15, 0.2) is 0 Å². The fourth-order valence-corrected chi connectivity index (χ4v) is 1.80. The highest BCUT2D eigenvalue weighted by atomic mass is 16.2. The molecule has 4 nitrogen and oxygen atoms in total. The molecule has 1 fully saturated rings. The van der Waals surface area contributed by atoms with E-state index in [1.165, 1.54) is 0 Å². The number of rotatable bonds is 3. The molecule has 1 aliphatic heterocycles. The van der Waals surface area contributed by atoms with E-state index >= 15 is 0 Å². The maximum absolute atomic E-state index is 11.7. The molecule has 15 heavy (non-hydrogen) atoms. The van der Waals surface area contributed by atoms with Crippen LogP contribution in [0.5, 0.6) is 0 Å². The minimum Gasteiger partial charge on any atom is -0.297 e. The van der Waals surface area contributed by atoms with Gasteiger partial charge in [0.2, 0.25) is 11.8 Å². The number of nitrogens with zero attached hydrogens (tertiary/aromatic N) is 1. The van der Waals surface area contributed by atoms with Crippen molar-refractivity contribution < 1.29 is 14.4 Å². The molecule has 2 amide bonds. The fourth-order valence-electron chi connectivity index (χ4n) is 1.80. The lowest BCUT2D eigenvalue weighted by atomic mass is 10.00. The minimum absolute atomic E-state index is 0.0713. The first kappa shape index (κ1) is 11.9. The molecule has 0 bridgehead atoms. The largest absolute Gasteiger partial charge is 0.297 e. The molecule has 1 saturated heterocycles. The van der Waals surface area contributed by atoms with Gasteiger partial charge in [0.15, 0.2) is 5.78 Å². The molecule has 1 aliphatic rings. The van der Waals surface area contributed by atoms with Crippen LogP contribution in [0.25, 0.3) is 0 Å². The van der Waals surface area contributed by atoms with Crippen molar-refractivity contribution in [3.63, 3.8) is 0 Å². The summed E-state index contributed by atoms with van der Waals surface area (Å²) in [7, 11) is 0. The van der Waals surface area contributed by atoms with Crippen molar-refractivity contribution in [3.8, 4) is 0 Å². The van der Waals surface area contributed by atoms with Crippen LogP contribution in [0, 0.1) is 11.8 Å². The number of carbonyl (C=O) groups excluding carboxylic acids is 3. The quantitative estimate of drug-likeness (QED) is 0.654. The maximum Gasteiger partial charge on any atom is 0.233 e. The van der Waals surface area contributed by atoms with Gasteiger partial charge in [-0.25, -0.2) is 0 Å². The Morgan fingerprint density at radius 1 is 1.27 bits per heavy atom. The third-order valence-electron chi connectivity index (χ3n) is 3.21. The second kappa shape index (κ2) is 4.13. The lowest BCUT2D eigenvalue weighted by molar-refractivity contribution is -0.146. The van der Waals surface area contributed by atoms with Gasteiger partial charge in [0.05, 0.1) is 6.04 Å². The number of hydrogen-bond acceptors (Lipinski definition) is 3. The Morgan fingerprint density at radius 2 is 1.67 bits per heavy atom. The molecule has 0 saturated carbocycles. The molecule has 1 rings (SSSR count). The van der Waals surface area contributed by atoms with Crippen LogP contribution in [-0.2, 0) is 14.4 Å². The zero-order chi connectivity index (χ0) is 11.7. The van der Waals surface area contributed by atoms with Crippen LogP contribution in [0.2, 0.25) is 0 Å². The number of likely N-dealkylation sites (tertiary alicyclic amines) is 1. The number of carbonyl (C=O) groups is 3. The summed E-state index contributed by atoms with van der Waals surface area (Å²) in [6.45, 7) is 6.81. The van der Waals surface area contributed by atoms with E-state index in [9.17, 15) is 14.4 Å².